The second-order valence-electron chi connectivity index (χ2n) is 4.97. The van der Waals surface area contributed by atoms with Crippen molar-refractivity contribution in [2.45, 2.75) is 37.5 Å². The van der Waals surface area contributed by atoms with E-state index >= 15 is 0 Å². The van der Waals surface area contributed by atoms with Crippen LogP contribution >= 0.6 is 27.7 Å². The molecule has 3 rings (SSSR count). The van der Waals surface area contributed by atoms with Gasteiger partial charge in [-0.15, -0.1) is 0 Å². The summed E-state index contributed by atoms with van der Waals surface area (Å²) in [7, 11) is 0. The average Bonchev–Trinajstić information content (AvgIpc) is 2.93. The molecule has 0 spiro atoms. The summed E-state index contributed by atoms with van der Waals surface area (Å²) in [6, 6.07) is 6.67. The van der Waals surface area contributed by atoms with Gasteiger partial charge in [0, 0.05) is 15.8 Å². The van der Waals surface area contributed by atoms with Crippen LogP contribution in [0.25, 0.3) is 11.0 Å². The van der Waals surface area contributed by atoms with Crippen molar-refractivity contribution in [3.8, 4) is 0 Å². The maximum absolute atomic E-state index is 6.17. The van der Waals surface area contributed by atoms with Gasteiger partial charge in [0.25, 0.3) is 0 Å². The minimum Gasteiger partial charge on any atom is -0.369 e. The molecule has 1 aromatic carbocycles. The zero-order chi connectivity index (χ0) is 13.4. The predicted molar refractivity (Wildman–Crippen MR) is 86.7 cm³/mol. The third-order valence-electron chi connectivity index (χ3n) is 3.81. The first-order valence-electron chi connectivity index (χ1n) is 6.75. The van der Waals surface area contributed by atoms with Crippen molar-refractivity contribution < 1.29 is 0 Å². The fourth-order valence-electron chi connectivity index (χ4n) is 3.04. The number of nitrogen functional groups attached to an aromatic ring is 1. The summed E-state index contributed by atoms with van der Waals surface area (Å²) in [6.07, 6.45) is 3.78. The quantitative estimate of drug-likeness (QED) is 0.909. The number of thioether (sulfide) groups is 1. The van der Waals surface area contributed by atoms with E-state index in [1.54, 1.807) is 0 Å². The Hall–Kier alpha value is -0.680. The molecule has 5 heteroatoms. The number of aromatic nitrogens is 2. The van der Waals surface area contributed by atoms with Crippen LogP contribution in [0.5, 0.6) is 0 Å². The molecular formula is C14H18BrN3S. The zero-order valence-corrected chi connectivity index (χ0v) is 13.4. The van der Waals surface area contributed by atoms with E-state index in [1.165, 1.54) is 19.3 Å². The van der Waals surface area contributed by atoms with Gasteiger partial charge in [0.15, 0.2) is 0 Å². The molecule has 19 heavy (non-hydrogen) atoms. The lowest BCUT2D eigenvalue weighted by Crippen LogP contribution is -2.18. The molecule has 1 aliphatic carbocycles. The van der Waals surface area contributed by atoms with Crippen LogP contribution in [0.15, 0.2) is 22.7 Å². The number of imidazole rings is 1. The third kappa shape index (κ3) is 2.38. The van der Waals surface area contributed by atoms with E-state index in [2.05, 4.69) is 50.2 Å². The average molecular weight is 340 g/mol. The van der Waals surface area contributed by atoms with E-state index in [4.69, 9.17) is 5.73 Å². The van der Waals surface area contributed by atoms with E-state index < -0.39 is 0 Å². The van der Waals surface area contributed by atoms with Crippen LogP contribution in [0.1, 0.15) is 32.2 Å². The molecule has 2 aromatic rings. The van der Waals surface area contributed by atoms with Crippen LogP contribution in [0, 0.1) is 0 Å². The van der Waals surface area contributed by atoms with Gasteiger partial charge in [-0.25, -0.2) is 4.98 Å². The van der Waals surface area contributed by atoms with Crippen molar-refractivity contribution in [2.24, 2.45) is 0 Å². The second kappa shape index (κ2) is 5.37. The maximum atomic E-state index is 6.17. The highest BCUT2D eigenvalue weighted by atomic mass is 79.9. The Morgan fingerprint density at radius 3 is 3.11 bits per heavy atom. The molecule has 1 heterocycles. The molecule has 2 unspecified atom stereocenters. The molecule has 0 aliphatic heterocycles. The molecule has 2 atom stereocenters. The van der Waals surface area contributed by atoms with Crippen LogP contribution in [0.4, 0.5) is 5.95 Å². The molecule has 1 aromatic heterocycles. The lowest BCUT2D eigenvalue weighted by molar-refractivity contribution is 0.549. The molecule has 1 aliphatic rings. The third-order valence-corrected chi connectivity index (χ3v) is 5.61. The minimum absolute atomic E-state index is 0.490. The number of benzene rings is 1. The summed E-state index contributed by atoms with van der Waals surface area (Å²) in [5.41, 5.74) is 8.32. The van der Waals surface area contributed by atoms with Gasteiger partial charge in [0.05, 0.1) is 11.0 Å². The Bertz CT molecular complexity index is 596. The highest BCUT2D eigenvalue weighted by molar-refractivity contribution is 9.10. The normalized spacial score (nSPS) is 23.3. The van der Waals surface area contributed by atoms with E-state index in [-0.39, 0.29) is 0 Å². The smallest absolute Gasteiger partial charge is 0.201 e. The van der Waals surface area contributed by atoms with Crippen LogP contribution < -0.4 is 5.73 Å². The summed E-state index contributed by atoms with van der Waals surface area (Å²) in [5.74, 6) is 1.82. The molecule has 102 valence electrons. The molecule has 0 saturated heterocycles. The van der Waals surface area contributed by atoms with Gasteiger partial charge in [0.2, 0.25) is 5.95 Å². The summed E-state index contributed by atoms with van der Waals surface area (Å²) in [6.45, 7) is 2.23. The fraction of sp³-hybridized carbons (Fsp3) is 0.500. The number of nitrogens with zero attached hydrogens (tertiary/aromatic N) is 2. The van der Waals surface area contributed by atoms with Crippen molar-refractivity contribution >= 4 is 44.7 Å². The van der Waals surface area contributed by atoms with Crippen LogP contribution in [0.3, 0.4) is 0 Å². The minimum atomic E-state index is 0.490. The van der Waals surface area contributed by atoms with Gasteiger partial charge in [-0.05, 0) is 36.8 Å². The second-order valence-corrected chi connectivity index (χ2v) is 7.40. The first-order valence-corrected chi connectivity index (χ1v) is 8.59. The van der Waals surface area contributed by atoms with Crippen molar-refractivity contribution in [2.75, 3.05) is 11.5 Å². The number of hydrogen-bond donors (Lipinski definition) is 1. The van der Waals surface area contributed by atoms with E-state index in [1.807, 2.05) is 12.1 Å². The van der Waals surface area contributed by atoms with Gasteiger partial charge < -0.3 is 10.3 Å². The van der Waals surface area contributed by atoms with Crippen LogP contribution in [-0.2, 0) is 0 Å². The van der Waals surface area contributed by atoms with Crippen molar-refractivity contribution in [1.82, 2.24) is 9.55 Å². The van der Waals surface area contributed by atoms with Crippen LogP contribution in [0.2, 0.25) is 0 Å². The molecule has 3 nitrogen and oxygen atoms in total. The van der Waals surface area contributed by atoms with Gasteiger partial charge in [-0.2, -0.15) is 11.8 Å². The molecule has 0 radical (unpaired) electrons. The van der Waals surface area contributed by atoms with Gasteiger partial charge in [0.1, 0.15) is 0 Å². The highest BCUT2D eigenvalue weighted by Crippen LogP contribution is 2.41. The van der Waals surface area contributed by atoms with Gasteiger partial charge in [-0.1, -0.05) is 29.3 Å². The maximum Gasteiger partial charge on any atom is 0.201 e. The topological polar surface area (TPSA) is 43.8 Å². The van der Waals surface area contributed by atoms with Crippen molar-refractivity contribution in [3.63, 3.8) is 0 Å². The lowest BCUT2D eigenvalue weighted by atomic mass is 10.2. The summed E-state index contributed by atoms with van der Waals surface area (Å²) < 4.78 is 3.33. The Morgan fingerprint density at radius 1 is 1.47 bits per heavy atom. The molecule has 0 amide bonds. The van der Waals surface area contributed by atoms with E-state index in [0.717, 1.165) is 21.3 Å². The van der Waals surface area contributed by atoms with Crippen molar-refractivity contribution in [1.29, 1.82) is 0 Å². The number of halogens is 1. The largest absolute Gasteiger partial charge is 0.369 e. The van der Waals surface area contributed by atoms with Crippen LogP contribution in [-0.4, -0.2) is 20.6 Å². The molecule has 1 saturated carbocycles. The van der Waals surface area contributed by atoms with Crippen molar-refractivity contribution in [3.05, 3.63) is 22.7 Å². The highest BCUT2D eigenvalue weighted by Gasteiger charge is 2.31. The van der Waals surface area contributed by atoms with Gasteiger partial charge in [-0.3, -0.25) is 0 Å². The number of rotatable bonds is 3. The summed E-state index contributed by atoms with van der Waals surface area (Å²) in [5, 5.41) is 0.670. The standard InChI is InChI=1S/C14H18BrN3S/c1-2-19-13-5-3-4-11(13)18-12-8-9(15)6-7-10(12)17-14(18)16/h6-8,11,13H,2-5H2,1H3,(H2,16,17). The first kappa shape index (κ1) is 13.3. The molecular weight excluding hydrogens is 322 g/mol. The SMILES string of the molecule is CCSC1CCCC1n1c(N)nc2ccc(Br)cc21. The lowest BCUT2D eigenvalue weighted by Gasteiger charge is -2.22. The Morgan fingerprint density at radius 2 is 2.32 bits per heavy atom. The molecule has 0 bridgehead atoms. The predicted octanol–water partition coefficient (Wildman–Crippen LogP) is 4.23. The number of anilines is 1. The zero-order valence-electron chi connectivity index (χ0n) is 11.0. The number of fused-ring (bicyclic) bond motifs is 1. The Labute approximate surface area is 126 Å². The molecule has 2 N–H and O–H groups in total. The Balaban J connectivity index is 2.08. The summed E-state index contributed by atoms with van der Waals surface area (Å²) in [4.78, 5) is 4.50. The van der Waals surface area contributed by atoms with E-state index in [0.29, 0.717) is 17.2 Å². The Kier molecular flexibility index (Phi) is 3.76. The van der Waals surface area contributed by atoms with E-state index in [9.17, 15) is 0 Å². The first-order chi connectivity index (χ1) is 9.20. The number of nitrogens with two attached hydrogens (primary N) is 1. The summed E-state index contributed by atoms with van der Waals surface area (Å²) >= 11 is 5.59. The number of hydrogen-bond acceptors (Lipinski definition) is 3. The molecule has 1 fully saturated rings. The van der Waals surface area contributed by atoms with Gasteiger partial charge >= 0.3 is 0 Å². The monoisotopic (exact) mass is 339 g/mol. The fourth-order valence-corrected chi connectivity index (χ4v) is 4.63.